The number of hydrogen-bond donors (Lipinski definition) is 2. The zero-order valence-electron chi connectivity index (χ0n) is 15.5. The van der Waals surface area contributed by atoms with Crippen molar-refractivity contribution in [3.05, 3.63) is 0 Å². The molecular formula is C19H35N3O3. The molecule has 2 N–H and O–H groups in total. The van der Waals surface area contributed by atoms with Gasteiger partial charge in [0, 0.05) is 19.1 Å². The third-order valence-electron chi connectivity index (χ3n) is 5.95. The molecular weight excluding hydrogens is 318 g/mol. The number of aliphatic hydroxyl groups excluding tert-OH is 1. The van der Waals surface area contributed by atoms with Crippen molar-refractivity contribution < 1.29 is 14.6 Å². The minimum absolute atomic E-state index is 0.128. The molecule has 2 aliphatic heterocycles. The van der Waals surface area contributed by atoms with Crippen LogP contribution in [-0.4, -0.2) is 84.9 Å². The molecule has 1 saturated carbocycles. The fraction of sp³-hybridized carbons (Fsp3) is 0.947. The average molecular weight is 354 g/mol. The molecule has 1 aliphatic carbocycles. The van der Waals surface area contributed by atoms with Crippen molar-refractivity contribution in [2.75, 3.05) is 45.9 Å². The molecule has 2 atom stereocenters. The Labute approximate surface area is 151 Å². The van der Waals surface area contributed by atoms with Crippen LogP contribution in [-0.2, 0) is 9.53 Å². The van der Waals surface area contributed by atoms with Gasteiger partial charge in [-0.3, -0.25) is 14.6 Å². The standard InChI is InChI=1S/C19H35N3O3/c23-18-15-25-14-17(18)22-10-6-9-21(11-12-22)13-19(24)20-16-7-4-2-1-3-5-8-16/h16-18,23H,1-15H2,(H,20,24)/t17-,18-/m0/s1. The van der Waals surface area contributed by atoms with Crippen LogP contribution in [0.4, 0.5) is 0 Å². The first-order valence-corrected chi connectivity index (χ1v) is 10.2. The summed E-state index contributed by atoms with van der Waals surface area (Å²) in [7, 11) is 0. The molecule has 0 aromatic carbocycles. The number of carbonyl (C=O) groups is 1. The monoisotopic (exact) mass is 353 g/mol. The lowest BCUT2D eigenvalue weighted by Gasteiger charge is -2.28. The number of nitrogens with one attached hydrogen (secondary N) is 1. The van der Waals surface area contributed by atoms with Gasteiger partial charge in [0.15, 0.2) is 0 Å². The molecule has 1 amide bonds. The van der Waals surface area contributed by atoms with Gasteiger partial charge < -0.3 is 15.2 Å². The number of ether oxygens (including phenoxy) is 1. The topological polar surface area (TPSA) is 65.0 Å². The molecule has 2 saturated heterocycles. The second kappa shape index (κ2) is 9.86. The van der Waals surface area contributed by atoms with E-state index in [2.05, 4.69) is 15.1 Å². The zero-order valence-corrected chi connectivity index (χ0v) is 15.5. The van der Waals surface area contributed by atoms with E-state index in [9.17, 15) is 9.90 Å². The number of hydrogen-bond acceptors (Lipinski definition) is 5. The van der Waals surface area contributed by atoms with Gasteiger partial charge in [-0.05, 0) is 32.4 Å². The van der Waals surface area contributed by atoms with Crippen LogP contribution >= 0.6 is 0 Å². The van der Waals surface area contributed by atoms with Crippen molar-refractivity contribution in [1.29, 1.82) is 0 Å². The molecule has 6 nitrogen and oxygen atoms in total. The highest BCUT2D eigenvalue weighted by molar-refractivity contribution is 5.78. The summed E-state index contributed by atoms with van der Waals surface area (Å²) in [4.78, 5) is 17.1. The van der Waals surface area contributed by atoms with Gasteiger partial charge in [-0.1, -0.05) is 32.1 Å². The van der Waals surface area contributed by atoms with E-state index >= 15 is 0 Å². The molecule has 3 fully saturated rings. The van der Waals surface area contributed by atoms with Crippen LogP contribution in [0.1, 0.15) is 51.4 Å². The van der Waals surface area contributed by atoms with Gasteiger partial charge in [-0.15, -0.1) is 0 Å². The van der Waals surface area contributed by atoms with Gasteiger partial charge in [-0.25, -0.2) is 0 Å². The molecule has 25 heavy (non-hydrogen) atoms. The molecule has 6 heteroatoms. The first-order chi connectivity index (χ1) is 12.2. The van der Waals surface area contributed by atoms with Crippen molar-refractivity contribution >= 4 is 5.91 Å². The Morgan fingerprint density at radius 1 is 0.960 bits per heavy atom. The van der Waals surface area contributed by atoms with Crippen LogP contribution < -0.4 is 5.32 Å². The summed E-state index contributed by atoms with van der Waals surface area (Å²) < 4.78 is 5.39. The van der Waals surface area contributed by atoms with E-state index < -0.39 is 0 Å². The third-order valence-corrected chi connectivity index (χ3v) is 5.95. The van der Waals surface area contributed by atoms with Crippen LogP contribution in [0.15, 0.2) is 0 Å². The summed E-state index contributed by atoms with van der Waals surface area (Å²) in [6.07, 6.45) is 9.42. The van der Waals surface area contributed by atoms with E-state index in [1.165, 1.54) is 32.1 Å². The van der Waals surface area contributed by atoms with Crippen molar-refractivity contribution in [2.24, 2.45) is 0 Å². The lowest BCUT2D eigenvalue weighted by molar-refractivity contribution is -0.123. The fourth-order valence-corrected chi connectivity index (χ4v) is 4.44. The maximum Gasteiger partial charge on any atom is 0.234 e. The molecule has 2 heterocycles. The minimum Gasteiger partial charge on any atom is -0.389 e. The highest BCUT2D eigenvalue weighted by atomic mass is 16.5. The first-order valence-electron chi connectivity index (χ1n) is 10.2. The maximum atomic E-state index is 12.5. The molecule has 0 bridgehead atoms. The summed E-state index contributed by atoms with van der Waals surface area (Å²) in [6, 6.07) is 0.505. The van der Waals surface area contributed by atoms with E-state index in [1.54, 1.807) is 0 Å². The second-order valence-electron chi connectivity index (χ2n) is 7.95. The zero-order chi connectivity index (χ0) is 17.5. The number of rotatable bonds is 4. The summed E-state index contributed by atoms with van der Waals surface area (Å²) in [6.45, 7) is 5.32. The Kier molecular flexibility index (Phi) is 7.52. The molecule has 3 aliphatic rings. The van der Waals surface area contributed by atoms with Gasteiger partial charge >= 0.3 is 0 Å². The van der Waals surface area contributed by atoms with Crippen LogP contribution in [0.25, 0.3) is 0 Å². The lowest BCUT2D eigenvalue weighted by atomic mass is 9.97. The quantitative estimate of drug-likeness (QED) is 0.789. The maximum absolute atomic E-state index is 12.5. The van der Waals surface area contributed by atoms with E-state index in [1.807, 2.05) is 0 Å². The van der Waals surface area contributed by atoms with Crippen molar-refractivity contribution in [3.63, 3.8) is 0 Å². The molecule has 0 unspecified atom stereocenters. The Bertz CT molecular complexity index is 413. The van der Waals surface area contributed by atoms with Gasteiger partial charge in [-0.2, -0.15) is 0 Å². The number of carbonyl (C=O) groups excluding carboxylic acids is 1. The van der Waals surface area contributed by atoms with Gasteiger partial charge in [0.25, 0.3) is 0 Å². The number of aliphatic hydroxyl groups is 1. The summed E-state index contributed by atoms with van der Waals surface area (Å²) in [5.41, 5.74) is 0. The Morgan fingerprint density at radius 3 is 2.44 bits per heavy atom. The predicted molar refractivity (Wildman–Crippen MR) is 97.5 cm³/mol. The van der Waals surface area contributed by atoms with Crippen LogP contribution in [0.2, 0.25) is 0 Å². The molecule has 0 radical (unpaired) electrons. The van der Waals surface area contributed by atoms with Crippen LogP contribution in [0.3, 0.4) is 0 Å². The normalized spacial score (nSPS) is 31.2. The number of nitrogens with zero attached hydrogens (tertiary/aromatic N) is 2. The average Bonchev–Trinajstić information content (AvgIpc) is 2.85. The second-order valence-corrected chi connectivity index (χ2v) is 7.95. The largest absolute Gasteiger partial charge is 0.389 e. The first kappa shape index (κ1) is 19.1. The molecule has 0 aromatic heterocycles. The Morgan fingerprint density at radius 2 is 1.72 bits per heavy atom. The van der Waals surface area contributed by atoms with E-state index in [0.29, 0.717) is 25.8 Å². The Balaban J connectivity index is 1.40. The SMILES string of the molecule is O=C(CN1CCCN([C@H]2COC[C@@H]2O)CC1)NC1CCCCCCC1. The molecule has 3 rings (SSSR count). The highest BCUT2D eigenvalue weighted by Gasteiger charge is 2.32. The summed E-state index contributed by atoms with van der Waals surface area (Å²) in [5.74, 6) is 0.184. The minimum atomic E-state index is -0.367. The summed E-state index contributed by atoms with van der Waals surface area (Å²) in [5, 5.41) is 13.3. The predicted octanol–water partition coefficient (Wildman–Crippen LogP) is 0.983. The highest BCUT2D eigenvalue weighted by Crippen LogP contribution is 2.18. The lowest BCUT2D eigenvalue weighted by Crippen LogP contribution is -2.46. The van der Waals surface area contributed by atoms with Crippen LogP contribution in [0.5, 0.6) is 0 Å². The Hall–Kier alpha value is -0.690. The summed E-state index contributed by atoms with van der Waals surface area (Å²) >= 11 is 0. The van der Waals surface area contributed by atoms with Gasteiger partial charge in [0.05, 0.1) is 31.9 Å². The van der Waals surface area contributed by atoms with Gasteiger partial charge in [0.1, 0.15) is 0 Å². The molecule has 144 valence electrons. The van der Waals surface area contributed by atoms with Crippen molar-refractivity contribution in [1.82, 2.24) is 15.1 Å². The van der Waals surface area contributed by atoms with Crippen LogP contribution in [0, 0.1) is 0 Å². The van der Waals surface area contributed by atoms with Crippen molar-refractivity contribution in [2.45, 2.75) is 69.6 Å². The number of amides is 1. The van der Waals surface area contributed by atoms with E-state index in [4.69, 9.17) is 4.74 Å². The van der Waals surface area contributed by atoms with Crippen molar-refractivity contribution in [3.8, 4) is 0 Å². The van der Waals surface area contributed by atoms with Gasteiger partial charge in [0.2, 0.25) is 5.91 Å². The third kappa shape index (κ3) is 5.91. The van der Waals surface area contributed by atoms with E-state index in [0.717, 1.165) is 45.4 Å². The molecule has 0 spiro atoms. The smallest absolute Gasteiger partial charge is 0.234 e. The molecule has 0 aromatic rings. The van der Waals surface area contributed by atoms with E-state index in [-0.39, 0.29) is 18.1 Å². The fourth-order valence-electron chi connectivity index (χ4n) is 4.44.